The standard InChI is InChI=1S/C29H26N2O4/c1-19(23-11-7-9-20-8-3-4-10-24(20)23)30-28(32)27-18-31(25-12-5-6-13-26(25)35-27)22-16-14-21(15-17-22)29(33)34-2/h3-17,19,27H,18H2,1-2H3,(H,30,32)/t19-,27?/m1/s1. The lowest BCUT2D eigenvalue weighted by Crippen LogP contribution is -2.48. The van der Waals surface area contributed by atoms with E-state index in [1.165, 1.54) is 7.11 Å². The number of rotatable bonds is 5. The van der Waals surface area contributed by atoms with Crippen LogP contribution >= 0.6 is 0 Å². The molecule has 0 aromatic heterocycles. The van der Waals surface area contributed by atoms with E-state index in [1.807, 2.05) is 72.5 Å². The summed E-state index contributed by atoms with van der Waals surface area (Å²) in [7, 11) is 1.36. The zero-order valence-corrected chi connectivity index (χ0v) is 19.6. The highest BCUT2D eigenvalue weighted by Crippen LogP contribution is 2.38. The smallest absolute Gasteiger partial charge is 0.337 e. The van der Waals surface area contributed by atoms with Gasteiger partial charge in [-0.25, -0.2) is 4.79 Å². The van der Waals surface area contributed by atoms with E-state index in [1.54, 1.807) is 12.1 Å². The van der Waals surface area contributed by atoms with Gasteiger partial charge in [-0.15, -0.1) is 0 Å². The molecule has 6 nitrogen and oxygen atoms in total. The van der Waals surface area contributed by atoms with Gasteiger partial charge in [-0.05, 0) is 59.7 Å². The Bertz CT molecular complexity index is 1380. The minimum absolute atomic E-state index is 0.184. The van der Waals surface area contributed by atoms with Gasteiger partial charge in [0.15, 0.2) is 6.10 Å². The Morgan fingerprint density at radius 2 is 1.66 bits per heavy atom. The van der Waals surface area contributed by atoms with Crippen molar-refractivity contribution in [3.63, 3.8) is 0 Å². The van der Waals surface area contributed by atoms with Crippen molar-refractivity contribution in [3.8, 4) is 5.75 Å². The molecule has 4 aromatic rings. The molecule has 0 spiro atoms. The summed E-state index contributed by atoms with van der Waals surface area (Å²) in [6.07, 6.45) is -0.706. The summed E-state index contributed by atoms with van der Waals surface area (Å²) in [5.41, 5.74) is 3.25. The molecule has 2 atom stereocenters. The Hall–Kier alpha value is -4.32. The molecule has 1 N–H and O–H groups in total. The second kappa shape index (κ2) is 9.50. The van der Waals surface area contributed by atoms with Crippen molar-refractivity contribution >= 4 is 34.0 Å². The Morgan fingerprint density at radius 3 is 2.46 bits per heavy atom. The first-order chi connectivity index (χ1) is 17.0. The van der Waals surface area contributed by atoms with Crippen LogP contribution < -0.4 is 15.0 Å². The van der Waals surface area contributed by atoms with Gasteiger partial charge in [-0.3, -0.25) is 4.79 Å². The molecule has 1 aliphatic rings. The first-order valence-corrected chi connectivity index (χ1v) is 11.5. The van der Waals surface area contributed by atoms with Gasteiger partial charge in [-0.2, -0.15) is 0 Å². The van der Waals surface area contributed by atoms with Crippen molar-refractivity contribution in [2.24, 2.45) is 0 Å². The number of hydrogen-bond donors (Lipinski definition) is 1. The lowest BCUT2D eigenvalue weighted by molar-refractivity contribution is -0.128. The largest absolute Gasteiger partial charge is 0.477 e. The molecule has 4 aromatic carbocycles. The maximum atomic E-state index is 13.4. The van der Waals surface area contributed by atoms with Crippen LogP contribution in [0.4, 0.5) is 11.4 Å². The fourth-order valence-corrected chi connectivity index (χ4v) is 4.52. The molecule has 0 saturated heterocycles. The van der Waals surface area contributed by atoms with Crippen molar-refractivity contribution < 1.29 is 19.1 Å². The van der Waals surface area contributed by atoms with E-state index >= 15 is 0 Å². The van der Waals surface area contributed by atoms with Crippen LogP contribution in [0.1, 0.15) is 28.9 Å². The molecule has 5 rings (SSSR count). The number of carbonyl (C=O) groups is 2. The van der Waals surface area contributed by atoms with Gasteiger partial charge in [-0.1, -0.05) is 54.6 Å². The minimum Gasteiger partial charge on any atom is -0.477 e. The fraction of sp³-hybridized carbons (Fsp3) is 0.172. The molecule has 0 saturated carbocycles. The fourth-order valence-electron chi connectivity index (χ4n) is 4.52. The van der Waals surface area contributed by atoms with Gasteiger partial charge in [0.05, 0.1) is 30.9 Å². The average Bonchev–Trinajstić information content (AvgIpc) is 2.91. The Kier molecular flexibility index (Phi) is 6.10. The number of fused-ring (bicyclic) bond motifs is 2. The monoisotopic (exact) mass is 466 g/mol. The molecular weight excluding hydrogens is 440 g/mol. The number of methoxy groups -OCH3 is 1. The van der Waals surface area contributed by atoms with Gasteiger partial charge in [0.25, 0.3) is 5.91 Å². The summed E-state index contributed by atoms with van der Waals surface area (Å²) in [4.78, 5) is 27.2. The Labute approximate surface area is 204 Å². The number of carbonyl (C=O) groups excluding carboxylic acids is 2. The number of nitrogens with one attached hydrogen (secondary N) is 1. The van der Waals surface area contributed by atoms with Crippen molar-refractivity contribution in [1.29, 1.82) is 0 Å². The third kappa shape index (κ3) is 4.43. The molecule has 6 heteroatoms. The summed E-state index contributed by atoms with van der Waals surface area (Å²) in [6, 6.07) is 28.8. The molecule has 1 amide bonds. The van der Waals surface area contributed by atoms with E-state index in [-0.39, 0.29) is 11.9 Å². The van der Waals surface area contributed by atoms with E-state index in [2.05, 4.69) is 23.5 Å². The number of anilines is 2. The van der Waals surface area contributed by atoms with Crippen LogP contribution in [0.25, 0.3) is 10.8 Å². The van der Waals surface area contributed by atoms with Crippen molar-refractivity contribution in [2.75, 3.05) is 18.6 Å². The van der Waals surface area contributed by atoms with Crippen LogP contribution in [-0.4, -0.2) is 31.6 Å². The molecule has 0 radical (unpaired) electrons. The molecule has 1 unspecified atom stereocenters. The highest BCUT2D eigenvalue weighted by atomic mass is 16.5. The number of para-hydroxylation sites is 2. The molecular formula is C29H26N2O4. The summed E-state index contributed by atoms with van der Waals surface area (Å²) >= 11 is 0. The lowest BCUT2D eigenvalue weighted by atomic mass is 9.99. The van der Waals surface area contributed by atoms with E-state index in [0.717, 1.165) is 27.7 Å². The summed E-state index contributed by atoms with van der Waals surface area (Å²) in [5, 5.41) is 5.39. The second-order valence-electron chi connectivity index (χ2n) is 8.52. The number of amides is 1. The molecule has 0 bridgehead atoms. The molecule has 0 aliphatic carbocycles. The Morgan fingerprint density at radius 1 is 0.943 bits per heavy atom. The third-order valence-electron chi connectivity index (χ3n) is 6.31. The SMILES string of the molecule is COC(=O)c1ccc(N2CC(C(=O)N[C@H](C)c3cccc4ccccc34)Oc3ccccc32)cc1. The van der Waals surface area contributed by atoms with Gasteiger partial charge in [0, 0.05) is 5.69 Å². The van der Waals surface area contributed by atoms with Gasteiger partial charge in [0.1, 0.15) is 5.75 Å². The molecule has 35 heavy (non-hydrogen) atoms. The molecule has 0 fully saturated rings. The quantitative estimate of drug-likeness (QED) is 0.399. The van der Waals surface area contributed by atoms with E-state index in [0.29, 0.717) is 17.9 Å². The van der Waals surface area contributed by atoms with Gasteiger partial charge in [0.2, 0.25) is 0 Å². The predicted octanol–water partition coefficient (Wildman–Crippen LogP) is 5.40. The number of ether oxygens (including phenoxy) is 2. The topological polar surface area (TPSA) is 67.9 Å². The molecule has 1 aliphatic heterocycles. The van der Waals surface area contributed by atoms with E-state index in [9.17, 15) is 9.59 Å². The molecule has 1 heterocycles. The minimum atomic E-state index is -0.706. The van der Waals surface area contributed by atoms with E-state index in [4.69, 9.17) is 9.47 Å². The van der Waals surface area contributed by atoms with Crippen molar-refractivity contribution in [3.05, 3.63) is 102 Å². The van der Waals surface area contributed by atoms with Crippen LogP contribution in [0.2, 0.25) is 0 Å². The number of benzene rings is 4. The maximum Gasteiger partial charge on any atom is 0.337 e. The highest BCUT2D eigenvalue weighted by Gasteiger charge is 2.32. The maximum absolute atomic E-state index is 13.4. The summed E-state index contributed by atoms with van der Waals surface area (Å²) in [6.45, 7) is 2.32. The number of esters is 1. The first-order valence-electron chi connectivity index (χ1n) is 11.5. The number of hydrogen-bond acceptors (Lipinski definition) is 5. The predicted molar refractivity (Wildman–Crippen MR) is 136 cm³/mol. The second-order valence-corrected chi connectivity index (χ2v) is 8.52. The van der Waals surface area contributed by atoms with Crippen LogP contribution in [0.5, 0.6) is 5.75 Å². The zero-order chi connectivity index (χ0) is 24.4. The summed E-state index contributed by atoms with van der Waals surface area (Å²) in [5.74, 6) is 0.0588. The van der Waals surface area contributed by atoms with Crippen LogP contribution in [-0.2, 0) is 9.53 Å². The number of nitrogens with zero attached hydrogens (tertiary/aromatic N) is 1. The van der Waals surface area contributed by atoms with Gasteiger partial charge >= 0.3 is 5.97 Å². The van der Waals surface area contributed by atoms with Crippen LogP contribution in [0.3, 0.4) is 0 Å². The van der Waals surface area contributed by atoms with Crippen molar-refractivity contribution in [1.82, 2.24) is 5.32 Å². The third-order valence-corrected chi connectivity index (χ3v) is 6.31. The normalized spacial score (nSPS) is 15.6. The zero-order valence-electron chi connectivity index (χ0n) is 19.6. The summed E-state index contributed by atoms with van der Waals surface area (Å²) < 4.78 is 10.9. The molecule has 176 valence electrons. The first kappa shape index (κ1) is 22.5. The Balaban J connectivity index is 1.39. The van der Waals surface area contributed by atoms with Gasteiger partial charge < -0.3 is 19.7 Å². The van der Waals surface area contributed by atoms with Crippen LogP contribution in [0.15, 0.2) is 91.0 Å². The van der Waals surface area contributed by atoms with Crippen molar-refractivity contribution in [2.45, 2.75) is 19.1 Å². The van der Waals surface area contributed by atoms with E-state index < -0.39 is 12.1 Å². The highest BCUT2D eigenvalue weighted by molar-refractivity contribution is 5.91. The lowest BCUT2D eigenvalue weighted by Gasteiger charge is -2.36. The average molecular weight is 467 g/mol. The van der Waals surface area contributed by atoms with Crippen LogP contribution in [0, 0.1) is 0 Å².